The Morgan fingerprint density at radius 1 is 1.19 bits per heavy atom. The second-order valence-corrected chi connectivity index (χ2v) is 6.77. The van der Waals surface area contributed by atoms with Gasteiger partial charge >= 0.3 is 0 Å². The van der Waals surface area contributed by atoms with Gasteiger partial charge in [0.2, 0.25) is 0 Å². The Bertz CT molecular complexity index is 640. The fraction of sp³-hybridized carbons (Fsp3) is 0.556. The van der Waals surface area contributed by atoms with Gasteiger partial charge in [0.25, 0.3) is 0 Å². The Hall–Kier alpha value is -1.32. The maximum absolute atomic E-state index is 6.12. The van der Waals surface area contributed by atoms with E-state index in [2.05, 4.69) is 47.0 Å². The Morgan fingerprint density at radius 2 is 2.05 bits per heavy atom. The van der Waals surface area contributed by atoms with Crippen molar-refractivity contribution in [3.05, 3.63) is 36.0 Å². The molecule has 4 rings (SSSR count). The fourth-order valence-corrected chi connectivity index (χ4v) is 4.07. The lowest BCUT2D eigenvalue weighted by Crippen LogP contribution is -2.49. The van der Waals surface area contributed by atoms with E-state index in [-0.39, 0.29) is 5.60 Å². The first-order valence-corrected chi connectivity index (χ1v) is 8.14. The molecule has 1 spiro atoms. The Balaban J connectivity index is 1.51. The van der Waals surface area contributed by atoms with Gasteiger partial charge in [0.05, 0.1) is 12.2 Å². The van der Waals surface area contributed by atoms with Crippen molar-refractivity contribution in [3.63, 3.8) is 0 Å². The molecule has 3 nitrogen and oxygen atoms in total. The molecule has 2 aliphatic rings. The minimum absolute atomic E-state index is 0.176. The summed E-state index contributed by atoms with van der Waals surface area (Å²) in [6, 6.07) is 9.07. The quantitative estimate of drug-likeness (QED) is 0.841. The summed E-state index contributed by atoms with van der Waals surface area (Å²) in [6.45, 7) is 4.12. The molecule has 3 heteroatoms. The molecule has 0 bridgehead atoms. The lowest BCUT2D eigenvalue weighted by molar-refractivity contribution is -0.106. The first kappa shape index (κ1) is 13.4. The van der Waals surface area contributed by atoms with Crippen LogP contribution in [-0.4, -0.2) is 34.8 Å². The molecule has 2 aromatic rings. The average molecular weight is 284 g/mol. The predicted octanol–water partition coefficient (Wildman–Crippen LogP) is 3.32. The van der Waals surface area contributed by atoms with E-state index in [0.717, 1.165) is 26.2 Å². The first-order chi connectivity index (χ1) is 10.2. The second-order valence-electron chi connectivity index (χ2n) is 6.77. The highest BCUT2D eigenvalue weighted by atomic mass is 16.5. The summed E-state index contributed by atoms with van der Waals surface area (Å²) in [5, 5.41) is 1.35. The van der Waals surface area contributed by atoms with Crippen LogP contribution in [0.2, 0.25) is 0 Å². The average Bonchev–Trinajstić information content (AvgIpc) is 3.07. The number of ether oxygens (including phenoxy) is 1. The summed E-state index contributed by atoms with van der Waals surface area (Å²) >= 11 is 0. The molecule has 1 aliphatic heterocycles. The lowest BCUT2D eigenvalue weighted by Gasteiger charge is -2.40. The highest BCUT2D eigenvalue weighted by molar-refractivity contribution is 5.80. The summed E-state index contributed by atoms with van der Waals surface area (Å²) in [5.74, 6) is 0. The third kappa shape index (κ3) is 2.49. The van der Waals surface area contributed by atoms with Crippen LogP contribution in [0.15, 0.2) is 30.5 Å². The van der Waals surface area contributed by atoms with Crippen LogP contribution < -0.4 is 0 Å². The van der Waals surface area contributed by atoms with E-state index in [1.54, 1.807) is 0 Å². The van der Waals surface area contributed by atoms with Crippen molar-refractivity contribution in [2.75, 3.05) is 19.7 Å². The lowest BCUT2D eigenvalue weighted by atomic mass is 9.99. The molecule has 1 aromatic carbocycles. The minimum atomic E-state index is 0.176. The van der Waals surface area contributed by atoms with E-state index in [1.807, 2.05) is 0 Å². The zero-order valence-corrected chi connectivity index (χ0v) is 12.8. The van der Waals surface area contributed by atoms with Gasteiger partial charge in [0.1, 0.15) is 0 Å². The monoisotopic (exact) mass is 284 g/mol. The summed E-state index contributed by atoms with van der Waals surface area (Å²) in [5.41, 5.74) is 2.91. The molecule has 1 aliphatic carbocycles. The molecule has 2 heterocycles. The van der Waals surface area contributed by atoms with Crippen LogP contribution in [-0.2, 0) is 18.3 Å². The van der Waals surface area contributed by atoms with Crippen molar-refractivity contribution in [1.82, 2.24) is 9.47 Å². The van der Waals surface area contributed by atoms with Crippen LogP contribution in [0.5, 0.6) is 0 Å². The fourth-order valence-electron chi connectivity index (χ4n) is 4.07. The molecule has 112 valence electrons. The van der Waals surface area contributed by atoms with Gasteiger partial charge in [-0.3, -0.25) is 4.90 Å². The molecule has 1 aromatic heterocycles. The summed E-state index contributed by atoms with van der Waals surface area (Å²) in [6.07, 6.45) is 7.31. The van der Waals surface area contributed by atoms with E-state index < -0.39 is 0 Å². The number of fused-ring (bicyclic) bond motifs is 1. The van der Waals surface area contributed by atoms with Gasteiger partial charge in [-0.05, 0) is 42.0 Å². The van der Waals surface area contributed by atoms with E-state index in [4.69, 9.17) is 4.74 Å². The van der Waals surface area contributed by atoms with Gasteiger partial charge in [0, 0.05) is 38.4 Å². The summed E-state index contributed by atoms with van der Waals surface area (Å²) < 4.78 is 8.30. The van der Waals surface area contributed by atoms with Crippen LogP contribution in [0.3, 0.4) is 0 Å². The highest BCUT2D eigenvalue weighted by Crippen LogP contribution is 2.36. The summed E-state index contributed by atoms with van der Waals surface area (Å²) in [7, 11) is 2.10. The topological polar surface area (TPSA) is 17.4 Å². The van der Waals surface area contributed by atoms with Crippen LogP contribution >= 0.6 is 0 Å². The van der Waals surface area contributed by atoms with Gasteiger partial charge in [-0.15, -0.1) is 0 Å². The van der Waals surface area contributed by atoms with E-state index in [1.165, 1.54) is 42.1 Å². The van der Waals surface area contributed by atoms with Gasteiger partial charge < -0.3 is 9.30 Å². The molecule has 21 heavy (non-hydrogen) atoms. The van der Waals surface area contributed by atoms with E-state index >= 15 is 0 Å². The maximum Gasteiger partial charge on any atom is 0.0809 e. The van der Waals surface area contributed by atoms with Crippen LogP contribution in [0.4, 0.5) is 0 Å². The van der Waals surface area contributed by atoms with Gasteiger partial charge in [-0.2, -0.15) is 0 Å². The molecular weight excluding hydrogens is 260 g/mol. The van der Waals surface area contributed by atoms with Crippen molar-refractivity contribution in [2.24, 2.45) is 7.05 Å². The van der Waals surface area contributed by atoms with Crippen LogP contribution in [0.25, 0.3) is 10.9 Å². The molecule has 2 fully saturated rings. The SMILES string of the molecule is Cn1ccc2cc(CN3CCOC4(CCCC4)C3)ccc21. The van der Waals surface area contributed by atoms with E-state index in [9.17, 15) is 0 Å². The predicted molar refractivity (Wildman–Crippen MR) is 85.3 cm³/mol. The van der Waals surface area contributed by atoms with Crippen molar-refractivity contribution in [2.45, 2.75) is 37.8 Å². The molecular formula is C18H24N2O. The number of benzene rings is 1. The minimum Gasteiger partial charge on any atom is -0.372 e. The van der Waals surface area contributed by atoms with Gasteiger partial charge in [0.15, 0.2) is 0 Å². The number of hydrogen-bond acceptors (Lipinski definition) is 2. The standard InChI is InChI=1S/C18H24N2O/c1-19-9-6-16-12-15(4-5-17(16)19)13-20-10-11-21-18(14-20)7-2-3-8-18/h4-6,9,12H,2-3,7-8,10-11,13-14H2,1H3. The largest absolute Gasteiger partial charge is 0.372 e. The zero-order chi connectivity index (χ0) is 14.3. The third-order valence-corrected chi connectivity index (χ3v) is 5.20. The van der Waals surface area contributed by atoms with Crippen molar-refractivity contribution < 1.29 is 4.74 Å². The van der Waals surface area contributed by atoms with Crippen molar-refractivity contribution in [3.8, 4) is 0 Å². The molecule has 0 atom stereocenters. The normalized spacial score (nSPS) is 22.3. The summed E-state index contributed by atoms with van der Waals surface area (Å²) in [4.78, 5) is 2.58. The molecule has 1 saturated heterocycles. The Kier molecular flexibility index (Phi) is 3.27. The third-order valence-electron chi connectivity index (χ3n) is 5.20. The Morgan fingerprint density at radius 3 is 2.90 bits per heavy atom. The first-order valence-electron chi connectivity index (χ1n) is 8.14. The maximum atomic E-state index is 6.12. The number of morpholine rings is 1. The second kappa shape index (κ2) is 5.15. The van der Waals surface area contributed by atoms with Crippen molar-refractivity contribution in [1.29, 1.82) is 0 Å². The molecule has 0 amide bonds. The van der Waals surface area contributed by atoms with Crippen LogP contribution in [0.1, 0.15) is 31.2 Å². The smallest absolute Gasteiger partial charge is 0.0809 e. The van der Waals surface area contributed by atoms with Crippen LogP contribution in [0, 0.1) is 0 Å². The molecule has 0 N–H and O–H groups in total. The number of hydrogen-bond donors (Lipinski definition) is 0. The van der Waals surface area contributed by atoms with Gasteiger partial charge in [-0.1, -0.05) is 18.9 Å². The molecule has 0 radical (unpaired) electrons. The Labute approximate surface area is 126 Å². The molecule has 1 saturated carbocycles. The number of aromatic nitrogens is 1. The highest BCUT2D eigenvalue weighted by Gasteiger charge is 2.38. The number of aryl methyl sites for hydroxylation is 1. The van der Waals surface area contributed by atoms with E-state index in [0.29, 0.717) is 0 Å². The van der Waals surface area contributed by atoms with Gasteiger partial charge in [-0.25, -0.2) is 0 Å². The molecule has 0 unspecified atom stereocenters. The number of nitrogens with zero attached hydrogens (tertiary/aromatic N) is 2. The van der Waals surface area contributed by atoms with Crippen molar-refractivity contribution >= 4 is 10.9 Å². The number of rotatable bonds is 2. The zero-order valence-electron chi connectivity index (χ0n) is 12.8.